The van der Waals surface area contributed by atoms with Crippen LogP contribution in [0.4, 0.5) is 0 Å². The molecule has 1 heterocycles. The Kier molecular flexibility index (Phi) is 2.40. The Morgan fingerprint density at radius 2 is 2.40 bits per heavy atom. The van der Waals surface area contributed by atoms with Crippen LogP contribution in [-0.4, -0.2) is 27.0 Å². The van der Waals surface area contributed by atoms with Gasteiger partial charge in [0.25, 0.3) is 0 Å². The SMILES string of the molecule is O=C(O)C1CC1C(=O)NCc1cnc[nH]1. The molecule has 0 radical (unpaired) electrons. The first-order valence-corrected chi connectivity index (χ1v) is 4.66. The number of hydrogen-bond donors (Lipinski definition) is 3. The van der Waals surface area contributed by atoms with Crippen molar-refractivity contribution in [3.63, 3.8) is 0 Å². The summed E-state index contributed by atoms with van der Waals surface area (Å²) in [5, 5.41) is 11.3. The predicted molar refractivity (Wildman–Crippen MR) is 49.7 cm³/mol. The van der Waals surface area contributed by atoms with Crippen molar-refractivity contribution in [2.45, 2.75) is 13.0 Å². The minimum atomic E-state index is -0.892. The van der Waals surface area contributed by atoms with E-state index in [9.17, 15) is 9.59 Å². The second-order valence-corrected chi connectivity index (χ2v) is 3.58. The molecule has 6 nitrogen and oxygen atoms in total. The summed E-state index contributed by atoms with van der Waals surface area (Å²) in [5.74, 6) is -1.94. The van der Waals surface area contributed by atoms with Gasteiger partial charge in [-0.1, -0.05) is 0 Å². The van der Waals surface area contributed by atoms with E-state index in [-0.39, 0.29) is 11.8 Å². The Bertz CT molecular complexity index is 374. The van der Waals surface area contributed by atoms with Crippen LogP contribution in [0.2, 0.25) is 0 Å². The second kappa shape index (κ2) is 3.72. The molecule has 2 unspecified atom stereocenters. The van der Waals surface area contributed by atoms with Gasteiger partial charge in [-0.05, 0) is 6.42 Å². The molecule has 1 aromatic rings. The summed E-state index contributed by atoms with van der Waals surface area (Å²) in [6, 6.07) is 0. The molecule has 0 spiro atoms. The van der Waals surface area contributed by atoms with Crippen molar-refractivity contribution in [3.8, 4) is 0 Å². The summed E-state index contributed by atoms with van der Waals surface area (Å²) in [6.07, 6.45) is 3.59. The molecule has 0 aliphatic heterocycles. The van der Waals surface area contributed by atoms with Crippen molar-refractivity contribution >= 4 is 11.9 Å². The summed E-state index contributed by atoms with van der Waals surface area (Å²) < 4.78 is 0. The van der Waals surface area contributed by atoms with E-state index in [1.165, 1.54) is 6.33 Å². The monoisotopic (exact) mass is 209 g/mol. The van der Waals surface area contributed by atoms with Crippen LogP contribution in [0.1, 0.15) is 12.1 Å². The lowest BCUT2D eigenvalue weighted by Gasteiger charge is -2.01. The summed E-state index contributed by atoms with van der Waals surface area (Å²) in [5.41, 5.74) is 0.802. The molecule has 0 aromatic carbocycles. The minimum absolute atomic E-state index is 0.197. The molecule has 0 saturated heterocycles. The molecule has 1 saturated carbocycles. The van der Waals surface area contributed by atoms with Gasteiger partial charge in [0.2, 0.25) is 5.91 Å². The van der Waals surface area contributed by atoms with Gasteiger partial charge in [0.05, 0.1) is 30.4 Å². The van der Waals surface area contributed by atoms with Crippen molar-refractivity contribution in [1.82, 2.24) is 15.3 Å². The summed E-state index contributed by atoms with van der Waals surface area (Å²) in [4.78, 5) is 28.6. The second-order valence-electron chi connectivity index (χ2n) is 3.58. The molecule has 2 atom stereocenters. The van der Waals surface area contributed by atoms with Gasteiger partial charge in [0, 0.05) is 6.20 Å². The van der Waals surface area contributed by atoms with E-state index in [1.807, 2.05) is 0 Å². The molecule has 15 heavy (non-hydrogen) atoms. The third-order valence-electron chi connectivity index (χ3n) is 2.45. The number of nitrogens with zero attached hydrogens (tertiary/aromatic N) is 1. The largest absolute Gasteiger partial charge is 0.481 e. The van der Waals surface area contributed by atoms with Crippen LogP contribution in [-0.2, 0) is 16.1 Å². The van der Waals surface area contributed by atoms with Crippen molar-refractivity contribution in [1.29, 1.82) is 0 Å². The highest BCUT2D eigenvalue weighted by atomic mass is 16.4. The van der Waals surface area contributed by atoms with E-state index in [4.69, 9.17) is 5.11 Å². The lowest BCUT2D eigenvalue weighted by atomic mass is 10.3. The Morgan fingerprint density at radius 3 is 2.93 bits per heavy atom. The van der Waals surface area contributed by atoms with Gasteiger partial charge in [-0.15, -0.1) is 0 Å². The molecule has 6 heteroatoms. The molecule has 80 valence electrons. The maximum absolute atomic E-state index is 11.4. The first kappa shape index (κ1) is 9.70. The number of hydrogen-bond acceptors (Lipinski definition) is 3. The van der Waals surface area contributed by atoms with Gasteiger partial charge in [0.15, 0.2) is 0 Å². The third-order valence-corrected chi connectivity index (χ3v) is 2.45. The smallest absolute Gasteiger partial charge is 0.307 e. The van der Waals surface area contributed by atoms with Crippen LogP contribution in [0.3, 0.4) is 0 Å². The number of amides is 1. The average molecular weight is 209 g/mol. The fraction of sp³-hybridized carbons (Fsp3) is 0.444. The average Bonchev–Trinajstić information content (AvgIpc) is 2.85. The van der Waals surface area contributed by atoms with E-state index >= 15 is 0 Å². The summed E-state index contributed by atoms with van der Waals surface area (Å²) >= 11 is 0. The molecule has 1 aliphatic carbocycles. The van der Waals surface area contributed by atoms with Crippen LogP contribution in [0, 0.1) is 11.8 Å². The van der Waals surface area contributed by atoms with Crippen molar-refractivity contribution in [2.24, 2.45) is 11.8 Å². The maximum atomic E-state index is 11.4. The molecule has 1 aromatic heterocycles. The molecular weight excluding hydrogens is 198 g/mol. The number of H-pyrrole nitrogens is 1. The van der Waals surface area contributed by atoms with E-state index in [1.54, 1.807) is 6.20 Å². The molecule has 1 aliphatic rings. The number of carbonyl (C=O) groups is 2. The molecule has 1 amide bonds. The zero-order chi connectivity index (χ0) is 10.8. The predicted octanol–water partition coefficient (Wildman–Crippen LogP) is -0.253. The van der Waals surface area contributed by atoms with Gasteiger partial charge in [-0.2, -0.15) is 0 Å². The lowest BCUT2D eigenvalue weighted by molar-refractivity contribution is -0.140. The molecule has 0 bridgehead atoms. The van der Waals surface area contributed by atoms with Crippen LogP contribution in [0.5, 0.6) is 0 Å². The number of nitrogens with one attached hydrogen (secondary N) is 2. The molecule has 2 rings (SSSR count). The standard InChI is InChI=1S/C9H11N3O3/c13-8(6-1-7(6)9(14)15)11-3-5-2-10-4-12-5/h2,4,6-7H,1,3H2,(H,10,12)(H,11,13)(H,14,15). The fourth-order valence-corrected chi connectivity index (χ4v) is 1.45. The van der Waals surface area contributed by atoms with Gasteiger partial charge in [0.1, 0.15) is 0 Å². The van der Waals surface area contributed by atoms with Crippen molar-refractivity contribution in [3.05, 3.63) is 18.2 Å². The van der Waals surface area contributed by atoms with Gasteiger partial charge >= 0.3 is 5.97 Å². The summed E-state index contributed by atoms with van der Waals surface area (Å²) in [7, 11) is 0. The first-order valence-electron chi connectivity index (χ1n) is 4.66. The number of rotatable bonds is 4. The molecule has 3 N–H and O–H groups in total. The molecule has 1 fully saturated rings. The van der Waals surface area contributed by atoms with E-state index in [0.29, 0.717) is 13.0 Å². The minimum Gasteiger partial charge on any atom is -0.481 e. The number of carbonyl (C=O) groups excluding carboxylic acids is 1. The Hall–Kier alpha value is -1.85. The summed E-state index contributed by atoms with van der Waals surface area (Å²) in [6.45, 7) is 0.363. The van der Waals surface area contributed by atoms with E-state index in [2.05, 4.69) is 15.3 Å². The fourth-order valence-electron chi connectivity index (χ4n) is 1.45. The zero-order valence-electron chi connectivity index (χ0n) is 7.93. The van der Waals surface area contributed by atoms with Crippen LogP contribution >= 0.6 is 0 Å². The first-order chi connectivity index (χ1) is 7.18. The van der Waals surface area contributed by atoms with E-state index in [0.717, 1.165) is 5.69 Å². The topological polar surface area (TPSA) is 95.1 Å². The number of aromatic amines is 1. The molecular formula is C9H11N3O3. The van der Waals surface area contributed by atoms with Gasteiger partial charge in [-0.25, -0.2) is 4.98 Å². The normalized spacial score (nSPS) is 23.5. The van der Waals surface area contributed by atoms with E-state index < -0.39 is 11.9 Å². The quantitative estimate of drug-likeness (QED) is 0.637. The highest BCUT2D eigenvalue weighted by molar-refractivity contribution is 5.89. The Labute approximate surface area is 85.7 Å². The highest BCUT2D eigenvalue weighted by Crippen LogP contribution is 2.38. The number of aliphatic carboxylic acids is 1. The number of aromatic nitrogens is 2. The van der Waals surface area contributed by atoms with Gasteiger partial charge < -0.3 is 15.4 Å². The number of carboxylic acid groups (broad SMARTS) is 1. The Morgan fingerprint density at radius 1 is 1.60 bits per heavy atom. The van der Waals surface area contributed by atoms with Gasteiger partial charge in [-0.3, -0.25) is 9.59 Å². The zero-order valence-corrected chi connectivity index (χ0v) is 7.93. The third kappa shape index (κ3) is 2.15. The van der Waals surface area contributed by atoms with Crippen LogP contribution in [0.25, 0.3) is 0 Å². The number of carboxylic acids is 1. The van der Waals surface area contributed by atoms with Crippen molar-refractivity contribution < 1.29 is 14.7 Å². The maximum Gasteiger partial charge on any atom is 0.307 e. The van der Waals surface area contributed by atoms with Crippen LogP contribution < -0.4 is 5.32 Å². The van der Waals surface area contributed by atoms with Crippen LogP contribution in [0.15, 0.2) is 12.5 Å². The highest BCUT2D eigenvalue weighted by Gasteiger charge is 2.48. The van der Waals surface area contributed by atoms with Crippen molar-refractivity contribution in [2.75, 3.05) is 0 Å². The lowest BCUT2D eigenvalue weighted by Crippen LogP contribution is -2.26. The number of imidazole rings is 1. The Balaban J connectivity index is 1.77.